The summed E-state index contributed by atoms with van der Waals surface area (Å²) >= 11 is 12.2. The molecule has 0 heterocycles. The lowest BCUT2D eigenvalue weighted by Crippen LogP contribution is -2.38. The highest BCUT2D eigenvalue weighted by atomic mass is 35.5. The van der Waals surface area contributed by atoms with Crippen LogP contribution in [0, 0.1) is 0 Å². The van der Waals surface area contributed by atoms with Gasteiger partial charge in [-0.05, 0) is 74.9 Å². The van der Waals surface area contributed by atoms with Crippen LogP contribution in [0.15, 0.2) is 72.8 Å². The van der Waals surface area contributed by atoms with E-state index in [4.69, 9.17) is 32.7 Å². The Kier molecular flexibility index (Phi) is 7.44. The molecule has 3 aromatic carbocycles. The first-order chi connectivity index (χ1) is 15.1. The number of benzene rings is 3. The number of carbonyl (C=O) groups is 2. The van der Waals surface area contributed by atoms with E-state index in [9.17, 15) is 9.59 Å². The molecule has 1 atom stereocenters. The van der Waals surface area contributed by atoms with Gasteiger partial charge in [-0.15, -0.1) is 0 Å². The van der Waals surface area contributed by atoms with Crippen LogP contribution in [0.3, 0.4) is 0 Å². The third-order valence-corrected chi connectivity index (χ3v) is 5.06. The van der Waals surface area contributed by atoms with E-state index in [0.717, 1.165) is 0 Å². The molecule has 32 heavy (non-hydrogen) atoms. The number of carbonyl (C=O) groups excluding carboxylic acids is 2. The third kappa shape index (κ3) is 6.49. The monoisotopic (exact) mass is 471 g/mol. The van der Waals surface area contributed by atoms with Crippen LogP contribution in [0.1, 0.15) is 42.7 Å². The number of ether oxygens (including phenoxy) is 2. The smallest absolute Gasteiger partial charge is 0.408 e. The van der Waals surface area contributed by atoms with Crippen molar-refractivity contribution in [1.29, 1.82) is 0 Å². The molecule has 3 rings (SSSR count). The van der Waals surface area contributed by atoms with Gasteiger partial charge in [0.1, 0.15) is 23.1 Å². The molecule has 3 aromatic rings. The normalized spacial score (nSPS) is 12.0. The van der Waals surface area contributed by atoms with Crippen molar-refractivity contribution in [2.45, 2.75) is 32.4 Å². The fourth-order valence-corrected chi connectivity index (χ4v) is 3.20. The van der Waals surface area contributed by atoms with Gasteiger partial charge >= 0.3 is 6.09 Å². The molecule has 1 unspecified atom stereocenters. The van der Waals surface area contributed by atoms with Gasteiger partial charge in [0, 0.05) is 5.56 Å². The van der Waals surface area contributed by atoms with Crippen molar-refractivity contribution in [2.75, 3.05) is 0 Å². The molecule has 0 saturated heterocycles. The minimum atomic E-state index is -1.01. The highest BCUT2D eigenvalue weighted by molar-refractivity contribution is 6.42. The van der Waals surface area contributed by atoms with E-state index in [-0.39, 0.29) is 10.8 Å². The minimum absolute atomic E-state index is 0.277. The van der Waals surface area contributed by atoms with E-state index in [1.54, 1.807) is 63.2 Å². The highest BCUT2D eigenvalue weighted by Crippen LogP contribution is 2.29. The molecule has 0 aliphatic heterocycles. The molecule has 0 radical (unpaired) electrons. The van der Waals surface area contributed by atoms with Crippen LogP contribution in [0.4, 0.5) is 4.79 Å². The fraction of sp³-hybridized carbons (Fsp3) is 0.200. The maximum atomic E-state index is 13.3. The largest absolute Gasteiger partial charge is 0.457 e. The molecule has 0 aromatic heterocycles. The van der Waals surface area contributed by atoms with Gasteiger partial charge in [-0.2, -0.15) is 0 Å². The van der Waals surface area contributed by atoms with E-state index < -0.39 is 17.7 Å². The maximum Gasteiger partial charge on any atom is 0.408 e. The Balaban J connectivity index is 1.85. The average molecular weight is 472 g/mol. The molecule has 0 spiro atoms. The summed E-state index contributed by atoms with van der Waals surface area (Å²) in [7, 11) is 0. The summed E-state index contributed by atoms with van der Waals surface area (Å²) in [5.41, 5.74) is 0.156. The van der Waals surface area contributed by atoms with Crippen molar-refractivity contribution in [3.8, 4) is 11.5 Å². The zero-order valence-electron chi connectivity index (χ0n) is 17.9. The Bertz CT molecular complexity index is 1090. The van der Waals surface area contributed by atoms with Gasteiger partial charge in [-0.3, -0.25) is 4.79 Å². The van der Waals surface area contributed by atoms with E-state index in [1.165, 1.54) is 0 Å². The number of amides is 1. The van der Waals surface area contributed by atoms with Gasteiger partial charge in [0.2, 0.25) is 0 Å². The fourth-order valence-electron chi connectivity index (χ4n) is 2.90. The van der Waals surface area contributed by atoms with Crippen molar-refractivity contribution >= 4 is 35.1 Å². The van der Waals surface area contributed by atoms with E-state index in [2.05, 4.69) is 5.32 Å². The van der Waals surface area contributed by atoms with Gasteiger partial charge in [0.05, 0.1) is 10.0 Å². The summed E-state index contributed by atoms with van der Waals surface area (Å²) in [6, 6.07) is 19.7. The van der Waals surface area contributed by atoms with Crippen molar-refractivity contribution in [1.82, 2.24) is 5.32 Å². The Morgan fingerprint density at radius 2 is 1.47 bits per heavy atom. The van der Waals surface area contributed by atoms with Crippen molar-refractivity contribution < 1.29 is 19.1 Å². The van der Waals surface area contributed by atoms with Crippen molar-refractivity contribution in [2.24, 2.45) is 0 Å². The number of Topliss-reactive ketones (excluding diaryl/α,β-unsaturated/α-hetero) is 1. The first-order valence-corrected chi connectivity index (χ1v) is 10.7. The van der Waals surface area contributed by atoms with Gasteiger partial charge in [0.15, 0.2) is 5.78 Å². The predicted octanol–water partition coefficient (Wildman–Crippen LogP) is 7.23. The number of alkyl carbamates (subject to hydrolysis) is 1. The number of para-hydroxylation sites is 1. The van der Waals surface area contributed by atoms with Crippen LogP contribution in [0.5, 0.6) is 11.5 Å². The summed E-state index contributed by atoms with van der Waals surface area (Å²) in [6.07, 6.45) is -0.717. The first-order valence-electron chi connectivity index (χ1n) is 9.94. The number of ketones is 1. The minimum Gasteiger partial charge on any atom is -0.457 e. The Morgan fingerprint density at radius 1 is 0.844 bits per heavy atom. The molecular weight excluding hydrogens is 449 g/mol. The SMILES string of the molecule is CC(C)(C)OC(=O)NC(C(=O)c1ccc(Oc2ccccc2)cc1)c1ccc(Cl)c(Cl)c1. The van der Waals surface area contributed by atoms with Gasteiger partial charge < -0.3 is 14.8 Å². The standard InChI is InChI=1S/C25H23Cl2NO4/c1-25(2,3)32-24(30)28-22(17-11-14-20(26)21(27)15-17)23(29)16-9-12-19(13-10-16)31-18-7-5-4-6-8-18/h4-15,22H,1-3H3,(H,28,30). The molecule has 0 bridgehead atoms. The van der Waals surface area contributed by atoms with Crippen LogP contribution in [0.2, 0.25) is 10.0 Å². The highest BCUT2D eigenvalue weighted by Gasteiger charge is 2.27. The van der Waals surface area contributed by atoms with E-state index in [1.807, 2.05) is 30.3 Å². The quantitative estimate of drug-likeness (QED) is 0.384. The molecule has 0 fully saturated rings. The second-order valence-electron chi connectivity index (χ2n) is 8.06. The predicted molar refractivity (Wildman–Crippen MR) is 126 cm³/mol. The zero-order chi connectivity index (χ0) is 23.3. The summed E-state index contributed by atoms with van der Waals surface area (Å²) in [4.78, 5) is 25.7. The van der Waals surface area contributed by atoms with E-state index >= 15 is 0 Å². The number of hydrogen-bond acceptors (Lipinski definition) is 4. The Labute approximate surface area is 197 Å². The summed E-state index contributed by atoms with van der Waals surface area (Å²) in [5, 5.41) is 3.27. The summed E-state index contributed by atoms with van der Waals surface area (Å²) in [6.45, 7) is 5.23. The molecule has 0 saturated carbocycles. The molecule has 1 N–H and O–H groups in total. The van der Waals surface area contributed by atoms with Crippen LogP contribution in [0.25, 0.3) is 0 Å². The lowest BCUT2D eigenvalue weighted by Gasteiger charge is -2.23. The number of rotatable bonds is 6. The van der Waals surface area contributed by atoms with Gasteiger partial charge in [-0.25, -0.2) is 4.79 Å². The topological polar surface area (TPSA) is 64.6 Å². The van der Waals surface area contributed by atoms with Crippen LogP contribution < -0.4 is 10.1 Å². The molecule has 7 heteroatoms. The zero-order valence-corrected chi connectivity index (χ0v) is 19.4. The van der Waals surface area contributed by atoms with Crippen molar-refractivity contribution in [3.05, 3.63) is 94.0 Å². The van der Waals surface area contributed by atoms with Gasteiger partial charge in [0.25, 0.3) is 0 Å². The Hall–Kier alpha value is -3.02. The second-order valence-corrected chi connectivity index (χ2v) is 8.87. The van der Waals surface area contributed by atoms with Crippen molar-refractivity contribution in [3.63, 3.8) is 0 Å². The molecule has 0 aliphatic carbocycles. The summed E-state index contributed by atoms with van der Waals surface area (Å²) < 4.78 is 11.1. The number of hydrogen-bond donors (Lipinski definition) is 1. The number of halogens is 2. The average Bonchev–Trinajstić information content (AvgIpc) is 2.74. The van der Waals surface area contributed by atoms with Gasteiger partial charge in [-0.1, -0.05) is 47.5 Å². The molecule has 5 nitrogen and oxygen atoms in total. The van der Waals surface area contributed by atoms with Crippen LogP contribution in [-0.2, 0) is 4.74 Å². The Morgan fingerprint density at radius 3 is 2.06 bits per heavy atom. The molecule has 0 aliphatic rings. The van der Waals surface area contributed by atoms with E-state index in [0.29, 0.717) is 27.6 Å². The molecule has 1 amide bonds. The first kappa shape index (κ1) is 23.6. The maximum absolute atomic E-state index is 13.3. The second kappa shape index (κ2) is 10.1. The third-order valence-electron chi connectivity index (χ3n) is 4.32. The lowest BCUT2D eigenvalue weighted by molar-refractivity contribution is 0.0490. The summed E-state index contributed by atoms with van der Waals surface area (Å²) in [5.74, 6) is 0.936. The lowest BCUT2D eigenvalue weighted by atomic mass is 9.97. The molecule has 166 valence electrons. The van der Waals surface area contributed by atoms with Crippen LogP contribution >= 0.6 is 23.2 Å². The molecular formula is C25H23Cl2NO4. The van der Waals surface area contributed by atoms with Crippen LogP contribution in [-0.4, -0.2) is 17.5 Å². The number of nitrogens with one attached hydrogen (secondary N) is 1.